The van der Waals surface area contributed by atoms with Gasteiger partial charge in [-0.2, -0.15) is 0 Å². The molecular weight excluding hydrogens is 258 g/mol. The molecule has 1 aromatic heterocycles. The van der Waals surface area contributed by atoms with Gasteiger partial charge in [-0.3, -0.25) is 4.79 Å². The van der Waals surface area contributed by atoms with Gasteiger partial charge in [0.05, 0.1) is 23.3 Å². The Kier molecular flexibility index (Phi) is 4.50. The number of para-hydroxylation sites is 1. The van der Waals surface area contributed by atoms with Gasteiger partial charge in [0, 0.05) is 13.1 Å². The molecular formula is C14H19N3OS. The largest absolute Gasteiger partial charge is 0.338 e. The average molecular weight is 277 g/mol. The van der Waals surface area contributed by atoms with Crippen LogP contribution in [0.2, 0.25) is 0 Å². The molecule has 0 aliphatic rings. The second-order valence-corrected chi connectivity index (χ2v) is 5.98. The van der Waals surface area contributed by atoms with Gasteiger partial charge in [-0.1, -0.05) is 26.0 Å². The summed E-state index contributed by atoms with van der Waals surface area (Å²) < 4.78 is 1.17. The molecule has 4 nitrogen and oxygen atoms in total. The fraction of sp³-hybridized carbons (Fsp3) is 0.429. The van der Waals surface area contributed by atoms with E-state index in [9.17, 15) is 4.79 Å². The number of aromatic nitrogens is 1. The van der Waals surface area contributed by atoms with Crippen molar-refractivity contribution in [1.82, 2.24) is 15.2 Å². The topological polar surface area (TPSA) is 45.2 Å². The SMILES string of the molecule is CC(C)NCC(=O)N(C)Cc1nc2ccccc2s1. The molecule has 0 aliphatic carbocycles. The van der Waals surface area contributed by atoms with Gasteiger partial charge in [-0.15, -0.1) is 11.3 Å². The summed E-state index contributed by atoms with van der Waals surface area (Å²) in [4.78, 5) is 18.2. The number of fused-ring (bicyclic) bond motifs is 1. The monoisotopic (exact) mass is 277 g/mol. The van der Waals surface area contributed by atoms with Crippen molar-refractivity contribution in [2.75, 3.05) is 13.6 Å². The van der Waals surface area contributed by atoms with Gasteiger partial charge in [0.25, 0.3) is 0 Å². The molecule has 2 rings (SSSR count). The van der Waals surface area contributed by atoms with Crippen LogP contribution in [0.5, 0.6) is 0 Å². The van der Waals surface area contributed by atoms with Crippen molar-refractivity contribution in [3.63, 3.8) is 0 Å². The van der Waals surface area contributed by atoms with Crippen LogP contribution in [-0.2, 0) is 11.3 Å². The lowest BCUT2D eigenvalue weighted by atomic mass is 10.3. The molecule has 0 radical (unpaired) electrons. The van der Waals surface area contributed by atoms with Crippen molar-refractivity contribution in [3.05, 3.63) is 29.3 Å². The van der Waals surface area contributed by atoms with Crippen LogP contribution in [-0.4, -0.2) is 35.4 Å². The van der Waals surface area contributed by atoms with Crippen LogP contribution in [0, 0.1) is 0 Å². The summed E-state index contributed by atoms with van der Waals surface area (Å²) in [6, 6.07) is 8.36. The Hall–Kier alpha value is -1.46. The first-order chi connectivity index (χ1) is 9.06. The molecule has 19 heavy (non-hydrogen) atoms. The number of likely N-dealkylation sites (N-methyl/N-ethyl adjacent to an activating group) is 1. The van der Waals surface area contributed by atoms with E-state index in [0.717, 1.165) is 10.5 Å². The van der Waals surface area contributed by atoms with E-state index in [1.807, 2.05) is 39.1 Å². The molecule has 0 atom stereocenters. The van der Waals surface area contributed by atoms with Gasteiger partial charge in [-0.25, -0.2) is 4.98 Å². The van der Waals surface area contributed by atoms with Crippen LogP contribution in [0.15, 0.2) is 24.3 Å². The minimum atomic E-state index is 0.0907. The number of hydrogen-bond donors (Lipinski definition) is 1. The second kappa shape index (κ2) is 6.12. The molecule has 102 valence electrons. The molecule has 0 saturated carbocycles. The maximum absolute atomic E-state index is 11.9. The first-order valence-corrected chi connectivity index (χ1v) is 7.19. The minimum Gasteiger partial charge on any atom is -0.338 e. The van der Waals surface area contributed by atoms with Crippen molar-refractivity contribution >= 4 is 27.5 Å². The molecule has 5 heteroatoms. The van der Waals surface area contributed by atoms with E-state index in [1.54, 1.807) is 16.2 Å². The zero-order valence-electron chi connectivity index (χ0n) is 11.5. The fourth-order valence-electron chi connectivity index (χ4n) is 1.71. The van der Waals surface area contributed by atoms with Gasteiger partial charge in [0.1, 0.15) is 5.01 Å². The highest BCUT2D eigenvalue weighted by Crippen LogP contribution is 2.22. The summed E-state index contributed by atoms with van der Waals surface area (Å²) in [5, 5.41) is 4.10. The first kappa shape index (κ1) is 14.0. The van der Waals surface area contributed by atoms with Crippen LogP contribution in [0.25, 0.3) is 10.2 Å². The lowest BCUT2D eigenvalue weighted by Crippen LogP contribution is -2.37. The highest BCUT2D eigenvalue weighted by Gasteiger charge is 2.12. The number of nitrogens with zero attached hydrogens (tertiary/aromatic N) is 2. The highest BCUT2D eigenvalue weighted by molar-refractivity contribution is 7.18. The molecule has 2 aromatic rings. The number of amides is 1. The number of benzene rings is 1. The smallest absolute Gasteiger partial charge is 0.236 e. The number of thiazole rings is 1. The molecule has 1 N–H and O–H groups in total. The van der Waals surface area contributed by atoms with E-state index < -0.39 is 0 Å². The Balaban J connectivity index is 1.98. The Morgan fingerprint density at radius 3 is 2.84 bits per heavy atom. The lowest BCUT2D eigenvalue weighted by molar-refractivity contribution is -0.129. The Labute approximate surface area is 117 Å². The van der Waals surface area contributed by atoms with Gasteiger partial charge >= 0.3 is 0 Å². The Bertz CT molecular complexity index is 532. The van der Waals surface area contributed by atoms with Gasteiger partial charge in [0.15, 0.2) is 0 Å². The summed E-state index contributed by atoms with van der Waals surface area (Å²) in [5.41, 5.74) is 1.00. The number of nitrogens with one attached hydrogen (secondary N) is 1. The van der Waals surface area contributed by atoms with E-state index >= 15 is 0 Å². The number of rotatable bonds is 5. The van der Waals surface area contributed by atoms with Crippen LogP contribution in [0.3, 0.4) is 0 Å². The predicted molar refractivity (Wildman–Crippen MR) is 79.2 cm³/mol. The highest BCUT2D eigenvalue weighted by atomic mass is 32.1. The quantitative estimate of drug-likeness (QED) is 0.911. The number of hydrogen-bond acceptors (Lipinski definition) is 4. The van der Waals surface area contributed by atoms with E-state index in [0.29, 0.717) is 19.1 Å². The molecule has 0 unspecified atom stereocenters. The van der Waals surface area contributed by atoms with Gasteiger partial charge in [0.2, 0.25) is 5.91 Å². The van der Waals surface area contributed by atoms with Crippen LogP contribution in [0.4, 0.5) is 0 Å². The van der Waals surface area contributed by atoms with Crippen LogP contribution < -0.4 is 5.32 Å². The lowest BCUT2D eigenvalue weighted by Gasteiger charge is -2.17. The maximum Gasteiger partial charge on any atom is 0.236 e. The van der Waals surface area contributed by atoms with Crippen molar-refractivity contribution in [1.29, 1.82) is 0 Å². The normalized spacial score (nSPS) is 11.2. The Morgan fingerprint density at radius 2 is 2.16 bits per heavy atom. The maximum atomic E-state index is 11.9. The molecule has 0 spiro atoms. The van der Waals surface area contributed by atoms with Gasteiger partial charge < -0.3 is 10.2 Å². The van der Waals surface area contributed by atoms with Crippen molar-refractivity contribution < 1.29 is 4.79 Å². The second-order valence-electron chi connectivity index (χ2n) is 4.86. The van der Waals surface area contributed by atoms with Crippen LogP contribution in [0.1, 0.15) is 18.9 Å². The molecule has 1 heterocycles. The molecule has 1 aromatic carbocycles. The summed E-state index contributed by atoms with van der Waals surface area (Å²) in [6.45, 7) is 5.00. The zero-order chi connectivity index (χ0) is 13.8. The third-order valence-corrected chi connectivity index (χ3v) is 3.82. The van der Waals surface area contributed by atoms with Crippen molar-refractivity contribution in [2.45, 2.75) is 26.4 Å². The Morgan fingerprint density at radius 1 is 1.42 bits per heavy atom. The first-order valence-electron chi connectivity index (χ1n) is 6.38. The van der Waals surface area contributed by atoms with Crippen molar-refractivity contribution in [2.24, 2.45) is 0 Å². The predicted octanol–water partition coefficient (Wildman–Crippen LogP) is 2.25. The molecule has 0 aliphatic heterocycles. The standard InChI is InChI=1S/C14H19N3OS/c1-10(2)15-8-14(18)17(3)9-13-16-11-6-4-5-7-12(11)19-13/h4-7,10,15H,8-9H2,1-3H3. The summed E-state index contributed by atoms with van der Waals surface area (Å²) >= 11 is 1.64. The molecule has 0 saturated heterocycles. The number of carbonyl (C=O) groups excluding carboxylic acids is 1. The minimum absolute atomic E-state index is 0.0907. The molecule has 1 amide bonds. The average Bonchev–Trinajstić information content (AvgIpc) is 2.77. The van der Waals surface area contributed by atoms with Crippen molar-refractivity contribution in [3.8, 4) is 0 Å². The van der Waals surface area contributed by atoms with E-state index in [-0.39, 0.29) is 5.91 Å². The fourth-order valence-corrected chi connectivity index (χ4v) is 2.73. The summed E-state index contributed by atoms with van der Waals surface area (Å²) in [6.07, 6.45) is 0. The third-order valence-electron chi connectivity index (χ3n) is 2.80. The van der Waals surface area contributed by atoms with Gasteiger partial charge in [-0.05, 0) is 12.1 Å². The van der Waals surface area contributed by atoms with E-state index in [1.165, 1.54) is 4.70 Å². The number of carbonyl (C=O) groups is 1. The zero-order valence-corrected chi connectivity index (χ0v) is 12.3. The van der Waals surface area contributed by atoms with E-state index in [2.05, 4.69) is 16.4 Å². The van der Waals surface area contributed by atoms with Crippen LogP contribution >= 0.6 is 11.3 Å². The summed E-state index contributed by atoms with van der Waals surface area (Å²) in [7, 11) is 1.82. The molecule has 0 fully saturated rings. The molecule has 0 bridgehead atoms. The van der Waals surface area contributed by atoms with E-state index in [4.69, 9.17) is 0 Å². The third kappa shape index (κ3) is 3.75. The summed E-state index contributed by atoms with van der Waals surface area (Å²) in [5.74, 6) is 0.0907.